The fourth-order valence-electron chi connectivity index (χ4n) is 5.19. The standard InChI is InChI=1S/C26H33N3O3/c1-19(30)26(32)28(18-20-8-4-2-5-9-20)14-15-29-23-12-13-24(29)17-22(16-23)27-25(31)21-10-6-3-7-11-21/h2-11,19,22-24,30H,12-18H2,1H3,(H,27,31)/t19-,22?,23?,24?/m0/s1. The van der Waals surface area contributed by atoms with Gasteiger partial charge in [-0.25, -0.2) is 0 Å². The average molecular weight is 436 g/mol. The first-order chi connectivity index (χ1) is 15.5. The van der Waals surface area contributed by atoms with Crippen LogP contribution in [0.15, 0.2) is 60.7 Å². The molecule has 170 valence electrons. The monoisotopic (exact) mass is 435 g/mol. The summed E-state index contributed by atoms with van der Waals surface area (Å²) in [6, 6.07) is 20.3. The van der Waals surface area contributed by atoms with E-state index >= 15 is 0 Å². The number of carbonyl (C=O) groups is 2. The summed E-state index contributed by atoms with van der Waals surface area (Å²) in [5, 5.41) is 13.1. The van der Waals surface area contributed by atoms with Gasteiger partial charge in [0.2, 0.25) is 0 Å². The predicted octanol–water partition coefficient (Wildman–Crippen LogP) is 2.82. The normalized spacial score (nSPS) is 23.5. The lowest BCUT2D eigenvalue weighted by molar-refractivity contribution is -0.140. The molecule has 2 aromatic carbocycles. The third-order valence-corrected chi connectivity index (χ3v) is 6.77. The second-order valence-electron chi connectivity index (χ2n) is 9.05. The molecule has 2 aromatic rings. The van der Waals surface area contributed by atoms with E-state index in [1.807, 2.05) is 60.7 Å². The van der Waals surface area contributed by atoms with E-state index in [9.17, 15) is 14.7 Å². The van der Waals surface area contributed by atoms with Gasteiger partial charge >= 0.3 is 0 Å². The van der Waals surface area contributed by atoms with Crippen molar-refractivity contribution >= 4 is 11.8 Å². The van der Waals surface area contributed by atoms with Gasteiger partial charge in [0, 0.05) is 43.3 Å². The summed E-state index contributed by atoms with van der Waals surface area (Å²) < 4.78 is 0. The molecule has 0 radical (unpaired) electrons. The molecule has 2 amide bonds. The fourth-order valence-corrected chi connectivity index (χ4v) is 5.19. The lowest BCUT2D eigenvalue weighted by Gasteiger charge is -2.40. The number of piperidine rings is 1. The molecule has 0 spiro atoms. The van der Waals surface area contributed by atoms with Crippen molar-refractivity contribution in [1.82, 2.24) is 15.1 Å². The number of nitrogens with one attached hydrogen (secondary N) is 1. The molecule has 2 bridgehead atoms. The Kier molecular flexibility index (Phi) is 7.22. The first-order valence-electron chi connectivity index (χ1n) is 11.6. The molecule has 2 aliphatic heterocycles. The molecule has 6 heteroatoms. The molecule has 0 saturated carbocycles. The topological polar surface area (TPSA) is 72.9 Å². The van der Waals surface area contributed by atoms with Crippen LogP contribution in [-0.4, -0.2) is 64.0 Å². The zero-order valence-corrected chi connectivity index (χ0v) is 18.7. The van der Waals surface area contributed by atoms with Crippen molar-refractivity contribution in [1.29, 1.82) is 0 Å². The van der Waals surface area contributed by atoms with Crippen LogP contribution in [0, 0.1) is 0 Å². The maximum absolute atomic E-state index is 12.6. The number of fused-ring (bicyclic) bond motifs is 2. The highest BCUT2D eigenvalue weighted by Gasteiger charge is 2.41. The predicted molar refractivity (Wildman–Crippen MR) is 124 cm³/mol. The molecule has 2 heterocycles. The molecular formula is C26H33N3O3. The molecule has 2 saturated heterocycles. The smallest absolute Gasteiger partial charge is 0.251 e. The van der Waals surface area contributed by atoms with Gasteiger partial charge in [-0.2, -0.15) is 0 Å². The molecular weight excluding hydrogens is 402 g/mol. The summed E-state index contributed by atoms with van der Waals surface area (Å²) in [4.78, 5) is 29.5. The average Bonchev–Trinajstić information content (AvgIpc) is 3.05. The van der Waals surface area contributed by atoms with Gasteiger partial charge in [-0.1, -0.05) is 48.5 Å². The van der Waals surface area contributed by atoms with Crippen LogP contribution in [0.4, 0.5) is 0 Å². The van der Waals surface area contributed by atoms with Crippen LogP contribution in [0.5, 0.6) is 0 Å². The Bertz CT molecular complexity index is 889. The zero-order chi connectivity index (χ0) is 22.5. The third kappa shape index (κ3) is 5.37. The van der Waals surface area contributed by atoms with Crippen molar-refractivity contribution < 1.29 is 14.7 Å². The summed E-state index contributed by atoms with van der Waals surface area (Å²) in [6.45, 7) is 3.42. The summed E-state index contributed by atoms with van der Waals surface area (Å²) in [6.07, 6.45) is 3.14. The van der Waals surface area contributed by atoms with Crippen LogP contribution in [0.2, 0.25) is 0 Å². The Balaban J connectivity index is 1.34. The fraction of sp³-hybridized carbons (Fsp3) is 0.462. The molecule has 4 rings (SSSR count). The lowest BCUT2D eigenvalue weighted by Crippen LogP contribution is -2.52. The van der Waals surface area contributed by atoms with Gasteiger partial charge in [0.05, 0.1) is 0 Å². The molecule has 0 aromatic heterocycles. The minimum absolute atomic E-state index is 0.0000151. The number of aliphatic hydroxyl groups is 1. The number of hydrogen-bond donors (Lipinski definition) is 2. The van der Waals surface area contributed by atoms with Gasteiger partial charge < -0.3 is 15.3 Å². The molecule has 32 heavy (non-hydrogen) atoms. The number of rotatable bonds is 8. The SMILES string of the molecule is C[C@H](O)C(=O)N(CCN1C2CCC1CC(NC(=O)c1ccccc1)C2)Cc1ccccc1. The van der Waals surface area contributed by atoms with E-state index in [1.54, 1.807) is 4.90 Å². The van der Waals surface area contributed by atoms with Gasteiger partial charge in [-0.15, -0.1) is 0 Å². The quantitative estimate of drug-likeness (QED) is 0.669. The molecule has 2 aliphatic rings. The Hall–Kier alpha value is -2.70. The molecule has 0 aliphatic carbocycles. The van der Waals surface area contributed by atoms with Crippen LogP contribution in [-0.2, 0) is 11.3 Å². The van der Waals surface area contributed by atoms with E-state index in [1.165, 1.54) is 6.92 Å². The van der Waals surface area contributed by atoms with Crippen LogP contribution < -0.4 is 5.32 Å². The van der Waals surface area contributed by atoms with Gasteiger partial charge in [-0.3, -0.25) is 14.5 Å². The minimum atomic E-state index is -1.01. The largest absolute Gasteiger partial charge is 0.384 e. The first kappa shape index (κ1) is 22.5. The van der Waals surface area contributed by atoms with Crippen LogP contribution in [0.25, 0.3) is 0 Å². The summed E-state index contributed by atoms with van der Waals surface area (Å²) in [5.41, 5.74) is 1.77. The highest BCUT2D eigenvalue weighted by Crippen LogP contribution is 2.35. The van der Waals surface area contributed by atoms with Gasteiger partial charge in [-0.05, 0) is 50.3 Å². The van der Waals surface area contributed by atoms with Crippen molar-refractivity contribution in [3.63, 3.8) is 0 Å². The first-order valence-corrected chi connectivity index (χ1v) is 11.6. The van der Waals surface area contributed by atoms with Crippen LogP contribution >= 0.6 is 0 Å². The van der Waals surface area contributed by atoms with Crippen LogP contribution in [0.1, 0.15) is 48.5 Å². The van der Waals surface area contributed by atoms with E-state index in [-0.39, 0.29) is 17.9 Å². The number of amides is 2. The van der Waals surface area contributed by atoms with E-state index in [4.69, 9.17) is 0 Å². The molecule has 2 N–H and O–H groups in total. The molecule has 2 unspecified atom stereocenters. The van der Waals surface area contributed by atoms with E-state index in [0.717, 1.165) is 37.8 Å². The van der Waals surface area contributed by atoms with E-state index in [0.29, 0.717) is 30.7 Å². The van der Waals surface area contributed by atoms with Gasteiger partial charge in [0.1, 0.15) is 6.10 Å². The van der Waals surface area contributed by atoms with Gasteiger partial charge in [0.25, 0.3) is 11.8 Å². The maximum Gasteiger partial charge on any atom is 0.251 e. The number of aliphatic hydroxyl groups excluding tert-OH is 1. The third-order valence-electron chi connectivity index (χ3n) is 6.77. The van der Waals surface area contributed by atoms with Crippen molar-refractivity contribution in [3.05, 3.63) is 71.8 Å². The molecule has 2 fully saturated rings. The van der Waals surface area contributed by atoms with Crippen molar-refractivity contribution in [2.24, 2.45) is 0 Å². The lowest BCUT2D eigenvalue weighted by atomic mass is 9.96. The van der Waals surface area contributed by atoms with Crippen molar-refractivity contribution in [2.75, 3.05) is 13.1 Å². The maximum atomic E-state index is 12.6. The second-order valence-corrected chi connectivity index (χ2v) is 9.05. The summed E-state index contributed by atoms with van der Waals surface area (Å²) in [5.74, 6) is -0.230. The Morgan fingerprint density at radius 2 is 1.62 bits per heavy atom. The van der Waals surface area contributed by atoms with Crippen LogP contribution in [0.3, 0.4) is 0 Å². The van der Waals surface area contributed by atoms with E-state index < -0.39 is 6.10 Å². The highest BCUT2D eigenvalue weighted by molar-refractivity contribution is 5.94. The van der Waals surface area contributed by atoms with Crippen molar-refractivity contribution in [3.8, 4) is 0 Å². The zero-order valence-electron chi connectivity index (χ0n) is 18.7. The molecule has 6 nitrogen and oxygen atoms in total. The Morgan fingerprint density at radius 1 is 1.03 bits per heavy atom. The highest BCUT2D eigenvalue weighted by atomic mass is 16.3. The Morgan fingerprint density at radius 3 is 2.22 bits per heavy atom. The number of benzene rings is 2. The summed E-state index contributed by atoms with van der Waals surface area (Å²) in [7, 11) is 0. The Labute approximate surface area is 190 Å². The molecule has 3 atom stereocenters. The number of hydrogen-bond acceptors (Lipinski definition) is 4. The number of nitrogens with zero attached hydrogens (tertiary/aromatic N) is 2. The van der Waals surface area contributed by atoms with Crippen molar-refractivity contribution in [2.45, 2.75) is 63.4 Å². The van der Waals surface area contributed by atoms with E-state index in [2.05, 4.69) is 10.2 Å². The second kappa shape index (κ2) is 10.3. The summed E-state index contributed by atoms with van der Waals surface area (Å²) >= 11 is 0. The minimum Gasteiger partial charge on any atom is -0.384 e. The van der Waals surface area contributed by atoms with Gasteiger partial charge in [0.15, 0.2) is 0 Å². The number of carbonyl (C=O) groups excluding carboxylic acids is 2.